The third-order valence-corrected chi connectivity index (χ3v) is 6.43. The third-order valence-electron chi connectivity index (χ3n) is 5.56. The van der Waals surface area contributed by atoms with Gasteiger partial charge in [-0.25, -0.2) is 0 Å². The van der Waals surface area contributed by atoms with Gasteiger partial charge in [0.05, 0.1) is 28.1 Å². The summed E-state index contributed by atoms with van der Waals surface area (Å²) in [6, 6.07) is 19.0. The van der Waals surface area contributed by atoms with E-state index in [0.29, 0.717) is 16.1 Å². The van der Waals surface area contributed by atoms with Gasteiger partial charge in [0.2, 0.25) is 5.78 Å². The van der Waals surface area contributed by atoms with Gasteiger partial charge in [-0.15, -0.1) is 11.3 Å². The Bertz CT molecular complexity index is 1240. The maximum Gasteiger partial charge on any atom is 0.294 e. The van der Waals surface area contributed by atoms with Crippen LogP contribution in [0.5, 0.6) is 0 Å². The van der Waals surface area contributed by atoms with Crippen molar-refractivity contribution in [3.63, 3.8) is 0 Å². The van der Waals surface area contributed by atoms with Crippen LogP contribution in [0.1, 0.15) is 53.2 Å². The summed E-state index contributed by atoms with van der Waals surface area (Å²) in [7, 11) is 0. The molecular weight excluding hydrogens is 420 g/mol. The number of carbonyl (C=O) groups is 2. The highest BCUT2D eigenvalue weighted by molar-refractivity contribution is 7.12. The number of anilines is 1. The molecule has 0 spiro atoms. The fourth-order valence-corrected chi connectivity index (χ4v) is 4.50. The second-order valence-electron chi connectivity index (χ2n) is 8.68. The molecule has 160 valence electrons. The van der Waals surface area contributed by atoms with Gasteiger partial charge in [0.15, 0.2) is 5.76 Å². The van der Waals surface area contributed by atoms with Gasteiger partial charge in [0, 0.05) is 5.69 Å². The van der Waals surface area contributed by atoms with Gasteiger partial charge in [0.1, 0.15) is 0 Å². The van der Waals surface area contributed by atoms with Gasteiger partial charge >= 0.3 is 0 Å². The van der Waals surface area contributed by atoms with Gasteiger partial charge < -0.3 is 5.11 Å². The Morgan fingerprint density at radius 2 is 1.72 bits per heavy atom. The van der Waals surface area contributed by atoms with E-state index in [-0.39, 0.29) is 16.8 Å². The molecule has 4 rings (SSSR count). The zero-order chi connectivity index (χ0) is 23.0. The first-order chi connectivity index (χ1) is 15.2. The van der Waals surface area contributed by atoms with E-state index >= 15 is 0 Å². The van der Waals surface area contributed by atoms with Crippen molar-refractivity contribution in [2.24, 2.45) is 0 Å². The van der Waals surface area contributed by atoms with Crippen molar-refractivity contribution in [1.29, 1.82) is 5.26 Å². The largest absolute Gasteiger partial charge is 0.503 e. The van der Waals surface area contributed by atoms with Gasteiger partial charge in [-0.2, -0.15) is 5.26 Å². The number of thiophene rings is 1. The Balaban J connectivity index is 1.85. The molecule has 1 aromatic heterocycles. The summed E-state index contributed by atoms with van der Waals surface area (Å²) >= 11 is 1.27. The molecule has 0 aliphatic carbocycles. The minimum Gasteiger partial charge on any atom is -0.503 e. The Morgan fingerprint density at radius 1 is 1.06 bits per heavy atom. The number of aliphatic hydroxyl groups excluding tert-OH is 1. The van der Waals surface area contributed by atoms with Crippen molar-refractivity contribution < 1.29 is 14.7 Å². The van der Waals surface area contributed by atoms with Crippen molar-refractivity contribution >= 4 is 28.7 Å². The van der Waals surface area contributed by atoms with Gasteiger partial charge in [-0.3, -0.25) is 14.5 Å². The average molecular weight is 443 g/mol. The van der Waals surface area contributed by atoms with Crippen molar-refractivity contribution in [3.05, 3.63) is 98.9 Å². The number of rotatable bonds is 4. The molecule has 6 heteroatoms. The fraction of sp³-hybridized carbons (Fsp3) is 0.192. The van der Waals surface area contributed by atoms with Crippen LogP contribution in [-0.2, 0) is 10.2 Å². The number of hydrogen-bond donors (Lipinski definition) is 1. The predicted octanol–water partition coefficient (Wildman–Crippen LogP) is 5.70. The lowest BCUT2D eigenvalue weighted by Gasteiger charge is -2.28. The lowest BCUT2D eigenvalue weighted by atomic mass is 9.85. The minimum atomic E-state index is -0.779. The zero-order valence-corrected chi connectivity index (χ0v) is 18.8. The van der Waals surface area contributed by atoms with E-state index in [1.54, 1.807) is 41.8 Å². The standard InChI is InChI=1S/C26H22N2O3S/c1-26(2,3)18-10-8-17(9-11-18)22-21(23(29)20-5-4-14-32-20)24(30)25(31)28(22)19-12-6-16(15-27)7-13-19/h4-14,22,30H,1-3H3. The number of Topliss-reactive ketones (excluding diaryl/α,β-unsaturated/α-hetero) is 1. The maximum absolute atomic E-state index is 13.3. The SMILES string of the molecule is CC(C)(C)c1ccc(C2C(C(=O)c3cccs3)=C(O)C(=O)N2c2ccc(C#N)cc2)cc1. The first kappa shape index (κ1) is 21.5. The molecule has 2 heterocycles. The van der Waals surface area contributed by atoms with Crippen molar-refractivity contribution in [2.45, 2.75) is 32.2 Å². The van der Waals surface area contributed by atoms with Crippen LogP contribution in [0.25, 0.3) is 0 Å². The van der Waals surface area contributed by atoms with E-state index in [1.807, 2.05) is 24.3 Å². The predicted molar refractivity (Wildman–Crippen MR) is 125 cm³/mol. The van der Waals surface area contributed by atoms with Crippen LogP contribution in [0.2, 0.25) is 0 Å². The molecule has 1 atom stereocenters. The van der Waals surface area contributed by atoms with Gasteiger partial charge in [-0.05, 0) is 52.3 Å². The van der Waals surface area contributed by atoms with Gasteiger partial charge in [-0.1, -0.05) is 51.1 Å². The van der Waals surface area contributed by atoms with Crippen LogP contribution in [0.3, 0.4) is 0 Å². The third kappa shape index (κ3) is 3.72. The molecule has 0 bridgehead atoms. The van der Waals surface area contributed by atoms with E-state index in [4.69, 9.17) is 5.26 Å². The second-order valence-corrected chi connectivity index (χ2v) is 9.62. The molecule has 5 nitrogen and oxygen atoms in total. The molecule has 1 aliphatic rings. The quantitative estimate of drug-likeness (QED) is 0.526. The maximum atomic E-state index is 13.3. The summed E-state index contributed by atoms with van der Waals surface area (Å²) in [5, 5.41) is 21.7. The number of benzene rings is 2. The van der Waals surface area contributed by atoms with E-state index < -0.39 is 17.7 Å². The number of hydrogen-bond acceptors (Lipinski definition) is 5. The van der Waals surface area contributed by atoms with Crippen LogP contribution in [-0.4, -0.2) is 16.8 Å². The molecule has 0 radical (unpaired) electrons. The smallest absolute Gasteiger partial charge is 0.294 e. The molecule has 0 saturated heterocycles. The average Bonchev–Trinajstić information content (AvgIpc) is 3.41. The van der Waals surface area contributed by atoms with Crippen molar-refractivity contribution in [3.8, 4) is 6.07 Å². The zero-order valence-electron chi connectivity index (χ0n) is 18.0. The molecule has 1 unspecified atom stereocenters. The summed E-state index contributed by atoms with van der Waals surface area (Å²) in [4.78, 5) is 28.4. The second kappa shape index (κ2) is 8.10. The minimum absolute atomic E-state index is 0.0512. The molecule has 1 amide bonds. The first-order valence-corrected chi connectivity index (χ1v) is 11.1. The van der Waals surface area contributed by atoms with E-state index in [1.165, 1.54) is 16.2 Å². The summed E-state index contributed by atoms with van der Waals surface area (Å²) in [5.41, 5.74) is 2.81. The van der Waals surface area contributed by atoms with E-state index in [0.717, 1.165) is 11.1 Å². The molecule has 32 heavy (non-hydrogen) atoms. The molecule has 3 aromatic rings. The highest BCUT2D eigenvalue weighted by Gasteiger charge is 2.44. The Labute approximate surface area is 190 Å². The Hall–Kier alpha value is -3.69. The summed E-state index contributed by atoms with van der Waals surface area (Å²) in [6.45, 7) is 6.34. The fourth-order valence-electron chi connectivity index (χ4n) is 3.82. The number of nitriles is 1. The molecule has 0 fully saturated rings. The van der Waals surface area contributed by atoms with Crippen molar-refractivity contribution in [1.82, 2.24) is 0 Å². The molecule has 0 saturated carbocycles. The van der Waals surface area contributed by atoms with Crippen LogP contribution < -0.4 is 4.90 Å². The monoisotopic (exact) mass is 442 g/mol. The van der Waals surface area contributed by atoms with Crippen molar-refractivity contribution in [2.75, 3.05) is 4.90 Å². The normalized spacial score (nSPS) is 16.4. The topological polar surface area (TPSA) is 81.4 Å². The van der Waals surface area contributed by atoms with E-state index in [9.17, 15) is 14.7 Å². The lowest BCUT2D eigenvalue weighted by Crippen LogP contribution is -2.31. The molecule has 1 N–H and O–H groups in total. The Kier molecular flexibility index (Phi) is 5.45. The molecule has 1 aliphatic heterocycles. The van der Waals surface area contributed by atoms with Crippen LogP contribution >= 0.6 is 11.3 Å². The first-order valence-electron chi connectivity index (χ1n) is 10.2. The lowest BCUT2D eigenvalue weighted by molar-refractivity contribution is -0.117. The Morgan fingerprint density at radius 3 is 2.25 bits per heavy atom. The van der Waals surface area contributed by atoms with Crippen LogP contribution in [0.15, 0.2) is 77.4 Å². The van der Waals surface area contributed by atoms with Gasteiger partial charge in [0.25, 0.3) is 5.91 Å². The highest BCUT2D eigenvalue weighted by Crippen LogP contribution is 2.42. The summed E-state index contributed by atoms with van der Waals surface area (Å²) in [6.07, 6.45) is 0. The van der Waals surface area contributed by atoms with Crippen LogP contribution in [0, 0.1) is 11.3 Å². The van der Waals surface area contributed by atoms with Crippen LogP contribution in [0.4, 0.5) is 5.69 Å². The van der Waals surface area contributed by atoms with E-state index in [2.05, 4.69) is 26.8 Å². The summed E-state index contributed by atoms with van der Waals surface area (Å²) < 4.78 is 0. The number of nitrogens with zero attached hydrogens (tertiary/aromatic N) is 2. The number of ketones is 1. The molecule has 2 aromatic carbocycles. The highest BCUT2D eigenvalue weighted by atomic mass is 32.1. The number of aliphatic hydroxyl groups is 1. The number of carbonyl (C=O) groups excluding carboxylic acids is 2. The summed E-state index contributed by atoms with van der Waals surface area (Å²) in [5.74, 6) is -1.55. The molecular formula is C26H22N2O3S. The number of amides is 1.